The van der Waals surface area contributed by atoms with Gasteiger partial charge in [-0.2, -0.15) is 19.5 Å². The number of hydrogen-bond donors (Lipinski definition) is 1. The van der Waals surface area contributed by atoms with Crippen molar-refractivity contribution in [2.24, 2.45) is 0 Å². The van der Waals surface area contributed by atoms with Gasteiger partial charge in [-0.1, -0.05) is 0 Å². The topological polar surface area (TPSA) is 82.0 Å². The molecule has 0 radical (unpaired) electrons. The van der Waals surface area contributed by atoms with Crippen LogP contribution in [0.15, 0.2) is 0 Å². The number of aromatic nitrogens is 5. The molecule has 0 spiro atoms. The summed E-state index contributed by atoms with van der Waals surface area (Å²) in [5, 5.41) is 3.92. The van der Waals surface area contributed by atoms with Crippen LogP contribution in [-0.2, 0) is 6.67 Å². The van der Waals surface area contributed by atoms with Crippen molar-refractivity contribution < 1.29 is 4.39 Å². The van der Waals surface area contributed by atoms with E-state index in [0.717, 1.165) is 0 Å². The number of nitrogens with two attached hydrogens (primary N) is 1. The highest BCUT2D eigenvalue weighted by Crippen LogP contribution is 2.04. The first-order chi connectivity index (χ1) is 6.20. The molecular weight excluding hydrogens is 175 g/mol. The van der Waals surface area contributed by atoms with E-state index in [0.29, 0.717) is 5.82 Å². The lowest BCUT2D eigenvalue weighted by atomic mass is 10.6. The third kappa shape index (κ3) is 1.17. The second kappa shape index (κ2) is 2.61. The van der Waals surface area contributed by atoms with Crippen molar-refractivity contribution in [2.75, 3.05) is 5.73 Å². The van der Waals surface area contributed by atoms with Gasteiger partial charge in [0.1, 0.15) is 12.5 Å². The highest BCUT2D eigenvalue weighted by molar-refractivity contribution is 5.34. The smallest absolute Gasteiger partial charge is 0.257 e. The monoisotopic (exact) mass is 182 g/mol. The highest BCUT2D eigenvalue weighted by atomic mass is 19.1. The van der Waals surface area contributed by atoms with Crippen LogP contribution < -0.4 is 5.73 Å². The molecule has 2 aromatic rings. The Morgan fingerprint density at radius 2 is 2.15 bits per heavy atom. The van der Waals surface area contributed by atoms with Gasteiger partial charge in [0.15, 0.2) is 5.82 Å². The number of fused-ring (bicyclic) bond motifs is 1. The molecule has 0 aliphatic carbocycles. The predicted octanol–water partition coefficient (Wildman–Crippen LogP) is -0.121. The molecule has 2 rings (SSSR count). The van der Waals surface area contributed by atoms with E-state index >= 15 is 0 Å². The second-order valence-electron chi connectivity index (χ2n) is 2.50. The minimum absolute atomic E-state index is 0.0254. The van der Waals surface area contributed by atoms with Crippen LogP contribution in [0.3, 0.4) is 0 Å². The number of aryl methyl sites for hydroxylation is 1. The molecule has 6 nitrogen and oxygen atoms in total. The summed E-state index contributed by atoms with van der Waals surface area (Å²) in [5.41, 5.74) is 5.49. The molecule has 0 amide bonds. The van der Waals surface area contributed by atoms with E-state index in [2.05, 4.69) is 20.1 Å². The molecule has 0 atom stereocenters. The average molecular weight is 182 g/mol. The van der Waals surface area contributed by atoms with Crippen LogP contribution in [0.25, 0.3) is 5.78 Å². The van der Waals surface area contributed by atoms with Gasteiger partial charge in [0.2, 0.25) is 5.95 Å². The molecule has 2 aromatic heterocycles. The molecule has 7 heteroatoms. The predicted molar refractivity (Wildman–Crippen MR) is 42.5 cm³/mol. The van der Waals surface area contributed by atoms with Crippen LogP contribution >= 0.6 is 0 Å². The Labute approximate surface area is 72.6 Å². The molecule has 2 N–H and O–H groups in total. The number of rotatable bonds is 1. The summed E-state index contributed by atoms with van der Waals surface area (Å²) in [7, 11) is 0. The third-order valence-electron chi connectivity index (χ3n) is 1.51. The zero-order valence-corrected chi connectivity index (χ0v) is 6.90. The Bertz CT molecular complexity index is 450. The van der Waals surface area contributed by atoms with E-state index in [1.807, 2.05) is 0 Å². The SMILES string of the molecule is Cc1nc2nc(CF)nc(N)n2n1. The summed E-state index contributed by atoms with van der Waals surface area (Å²) in [6.07, 6.45) is 0. The molecule has 13 heavy (non-hydrogen) atoms. The van der Waals surface area contributed by atoms with E-state index < -0.39 is 6.67 Å². The van der Waals surface area contributed by atoms with E-state index in [4.69, 9.17) is 5.73 Å². The number of nitrogen functional groups attached to an aromatic ring is 1. The van der Waals surface area contributed by atoms with Crippen LogP contribution in [0.1, 0.15) is 11.6 Å². The van der Waals surface area contributed by atoms with Crippen molar-refractivity contribution in [3.05, 3.63) is 11.6 Å². The average Bonchev–Trinajstić information content (AvgIpc) is 2.46. The maximum atomic E-state index is 12.2. The Balaban J connectivity index is 2.75. The Kier molecular flexibility index (Phi) is 1.57. The van der Waals surface area contributed by atoms with Crippen LogP contribution in [0.4, 0.5) is 10.3 Å². The highest BCUT2D eigenvalue weighted by Gasteiger charge is 2.07. The van der Waals surface area contributed by atoms with Gasteiger partial charge in [-0.25, -0.2) is 4.39 Å². The van der Waals surface area contributed by atoms with Crippen molar-refractivity contribution in [1.29, 1.82) is 0 Å². The molecule has 0 aliphatic rings. The fourth-order valence-electron chi connectivity index (χ4n) is 1.01. The second-order valence-corrected chi connectivity index (χ2v) is 2.50. The number of hydrogen-bond acceptors (Lipinski definition) is 5. The summed E-state index contributed by atoms with van der Waals surface area (Å²) in [4.78, 5) is 11.4. The zero-order chi connectivity index (χ0) is 9.42. The molecule has 0 aliphatic heterocycles. The molecule has 0 aromatic carbocycles. The van der Waals surface area contributed by atoms with Gasteiger partial charge in [-0.3, -0.25) is 0 Å². The lowest BCUT2D eigenvalue weighted by Crippen LogP contribution is -2.06. The molecule has 0 unspecified atom stereocenters. The number of halogens is 1. The van der Waals surface area contributed by atoms with Crippen molar-refractivity contribution >= 4 is 11.7 Å². The maximum Gasteiger partial charge on any atom is 0.257 e. The summed E-state index contributed by atoms with van der Waals surface area (Å²) >= 11 is 0. The minimum Gasteiger partial charge on any atom is -0.368 e. The fourth-order valence-corrected chi connectivity index (χ4v) is 1.01. The summed E-state index contributed by atoms with van der Waals surface area (Å²) < 4.78 is 13.5. The number of nitrogens with zero attached hydrogens (tertiary/aromatic N) is 5. The van der Waals surface area contributed by atoms with Gasteiger partial charge in [-0.05, 0) is 6.92 Å². The Morgan fingerprint density at radius 3 is 2.85 bits per heavy atom. The van der Waals surface area contributed by atoms with Crippen molar-refractivity contribution in [3.8, 4) is 0 Å². The van der Waals surface area contributed by atoms with Crippen LogP contribution in [0.2, 0.25) is 0 Å². The van der Waals surface area contributed by atoms with Crippen molar-refractivity contribution in [1.82, 2.24) is 24.6 Å². The van der Waals surface area contributed by atoms with E-state index in [1.54, 1.807) is 6.92 Å². The van der Waals surface area contributed by atoms with E-state index in [1.165, 1.54) is 4.52 Å². The molecule has 68 valence electrons. The van der Waals surface area contributed by atoms with Gasteiger partial charge < -0.3 is 5.73 Å². The standard InChI is InChI=1S/C6H7FN6/c1-3-9-6-11-4(2-7)10-5(8)13(6)12-3/h2H2,1H3,(H2,8,9,10,11,12). The quantitative estimate of drug-likeness (QED) is 0.664. The third-order valence-corrected chi connectivity index (χ3v) is 1.51. The Hall–Kier alpha value is -1.79. The lowest BCUT2D eigenvalue weighted by molar-refractivity contribution is 0.465. The molecule has 0 fully saturated rings. The largest absolute Gasteiger partial charge is 0.368 e. The van der Waals surface area contributed by atoms with Crippen LogP contribution in [0.5, 0.6) is 0 Å². The summed E-state index contributed by atoms with van der Waals surface area (Å²) in [6, 6.07) is 0. The molecule has 2 heterocycles. The lowest BCUT2D eigenvalue weighted by Gasteiger charge is -1.97. The van der Waals surface area contributed by atoms with Gasteiger partial charge in [-0.15, -0.1) is 5.10 Å². The Morgan fingerprint density at radius 1 is 1.38 bits per heavy atom. The van der Waals surface area contributed by atoms with Crippen LogP contribution in [0, 0.1) is 6.92 Å². The van der Waals surface area contributed by atoms with Crippen LogP contribution in [-0.4, -0.2) is 24.6 Å². The molecule has 0 saturated heterocycles. The van der Waals surface area contributed by atoms with Gasteiger partial charge in [0.25, 0.3) is 5.78 Å². The minimum atomic E-state index is -0.757. The first-order valence-corrected chi connectivity index (χ1v) is 3.62. The fraction of sp³-hybridized carbons (Fsp3) is 0.333. The maximum absolute atomic E-state index is 12.2. The van der Waals surface area contributed by atoms with E-state index in [9.17, 15) is 4.39 Å². The molecule has 0 bridgehead atoms. The summed E-state index contributed by atoms with van der Waals surface area (Å²) in [5.74, 6) is 0.922. The zero-order valence-electron chi connectivity index (χ0n) is 6.90. The number of alkyl halides is 1. The van der Waals surface area contributed by atoms with Crippen molar-refractivity contribution in [3.63, 3.8) is 0 Å². The molecular formula is C6H7FN6. The first kappa shape index (κ1) is 7.84. The first-order valence-electron chi connectivity index (χ1n) is 3.62. The van der Waals surface area contributed by atoms with Gasteiger partial charge in [0, 0.05) is 0 Å². The van der Waals surface area contributed by atoms with Gasteiger partial charge >= 0.3 is 0 Å². The van der Waals surface area contributed by atoms with E-state index in [-0.39, 0.29) is 17.6 Å². The normalized spacial score (nSPS) is 10.9. The molecule has 0 saturated carbocycles. The summed E-state index contributed by atoms with van der Waals surface area (Å²) in [6.45, 7) is 0.940. The van der Waals surface area contributed by atoms with Crippen molar-refractivity contribution in [2.45, 2.75) is 13.6 Å². The number of anilines is 1. The van der Waals surface area contributed by atoms with Gasteiger partial charge in [0.05, 0.1) is 0 Å².